The predicted octanol–water partition coefficient (Wildman–Crippen LogP) is 2.12. The fourth-order valence-corrected chi connectivity index (χ4v) is 3.53. The van der Waals surface area contributed by atoms with Crippen molar-refractivity contribution in [2.45, 2.75) is 32.4 Å². The first kappa shape index (κ1) is 19.9. The largest absolute Gasteiger partial charge is 0.484 e. The zero-order chi connectivity index (χ0) is 19.9. The fraction of sp³-hybridized carbons (Fsp3) is 0.364. The van der Waals surface area contributed by atoms with Crippen molar-refractivity contribution in [3.05, 3.63) is 65.2 Å². The number of hydrogen-bond acceptors (Lipinski definition) is 4. The van der Waals surface area contributed by atoms with Gasteiger partial charge in [-0.05, 0) is 42.2 Å². The summed E-state index contributed by atoms with van der Waals surface area (Å²) in [4.78, 5) is 25.8. The van der Waals surface area contributed by atoms with Crippen LogP contribution in [0.1, 0.15) is 34.8 Å². The number of ether oxygens (including phenoxy) is 1. The molecule has 28 heavy (non-hydrogen) atoms. The number of rotatable bonds is 8. The molecule has 0 aliphatic carbocycles. The lowest BCUT2D eigenvalue weighted by Crippen LogP contribution is -2.46. The van der Waals surface area contributed by atoms with Gasteiger partial charge in [0.25, 0.3) is 5.91 Å². The number of carbonyl (C=O) groups excluding carboxylic acids is 2. The van der Waals surface area contributed by atoms with Gasteiger partial charge in [0.05, 0.1) is 0 Å². The van der Waals surface area contributed by atoms with Gasteiger partial charge in [-0.25, -0.2) is 0 Å². The molecule has 1 unspecified atom stereocenters. The van der Waals surface area contributed by atoms with Crippen LogP contribution < -0.4 is 15.8 Å². The van der Waals surface area contributed by atoms with E-state index in [0.717, 1.165) is 25.9 Å². The Balaban J connectivity index is 1.48. The minimum atomic E-state index is -0.524. The average molecular weight is 381 g/mol. The highest BCUT2D eigenvalue weighted by Gasteiger charge is 2.22. The van der Waals surface area contributed by atoms with Gasteiger partial charge in [0.2, 0.25) is 5.91 Å². The predicted molar refractivity (Wildman–Crippen MR) is 108 cm³/mol. The van der Waals surface area contributed by atoms with Gasteiger partial charge < -0.3 is 15.8 Å². The molecule has 0 radical (unpaired) electrons. The Kier molecular flexibility index (Phi) is 6.66. The minimum absolute atomic E-state index is 0.0958. The van der Waals surface area contributed by atoms with E-state index >= 15 is 0 Å². The highest BCUT2D eigenvalue weighted by Crippen LogP contribution is 2.21. The zero-order valence-electron chi connectivity index (χ0n) is 16.2. The van der Waals surface area contributed by atoms with Crippen LogP contribution in [0, 0.1) is 0 Å². The first-order valence-electron chi connectivity index (χ1n) is 9.67. The molecule has 2 amide bonds. The Morgan fingerprint density at radius 2 is 1.96 bits per heavy atom. The summed E-state index contributed by atoms with van der Waals surface area (Å²) in [6.45, 7) is 4.55. The standard InChI is InChI=1S/C22H27N3O3/c1-2-19(25-11-10-16-6-3-4-7-18(16)14-25)13-24-21(26)15-28-20-9-5-8-17(12-20)22(23)27/h3-9,12,19H,2,10-11,13-15H2,1H3,(H2,23,27)(H,24,26). The van der Waals surface area contributed by atoms with Gasteiger partial charge in [-0.2, -0.15) is 0 Å². The van der Waals surface area contributed by atoms with Crippen LogP contribution in [0.5, 0.6) is 5.75 Å². The molecule has 0 aromatic heterocycles. The first-order chi connectivity index (χ1) is 13.6. The van der Waals surface area contributed by atoms with Crippen molar-refractivity contribution in [2.24, 2.45) is 5.73 Å². The third-order valence-electron chi connectivity index (χ3n) is 5.17. The van der Waals surface area contributed by atoms with Gasteiger partial charge >= 0.3 is 0 Å². The Morgan fingerprint density at radius 1 is 1.18 bits per heavy atom. The van der Waals surface area contributed by atoms with E-state index < -0.39 is 5.91 Å². The number of fused-ring (bicyclic) bond motifs is 1. The van der Waals surface area contributed by atoms with Crippen LogP contribution >= 0.6 is 0 Å². The first-order valence-corrected chi connectivity index (χ1v) is 9.67. The molecule has 0 fully saturated rings. The normalized spacial score (nSPS) is 14.8. The molecule has 1 atom stereocenters. The lowest BCUT2D eigenvalue weighted by molar-refractivity contribution is -0.123. The summed E-state index contributed by atoms with van der Waals surface area (Å²) in [6.07, 6.45) is 2.00. The van der Waals surface area contributed by atoms with Crippen molar-refractivity contribution in [3.8, 4) is 5.75 Å². The number of nitrogens with one attached hydrogen (secondary N) is 1. The maximum atomic E-state index is 12.2. The van der Waals surface area contributed by atoms with E-state index in [-0.39, 0.29) is 18.6 Å². The quantitative estimate of drug-likeness (QED) is 0.734. The van der Waals surface area contributed by atoms with E-state index in [1.807, 2.05) is 0 Å². The van der Waals surface area contributed by atoms with E-state index in [1.165, 1.54) is 17.2 Å². The summed E-state index contributed by atoms with van der Waals surface area (Å²) < 4.78 is 5.48. The second kappa shape index (κ2) is 9.37. The van der Waals surface area contributed by atoms with Crippen molar-refractivity contribution < 1.29 is 14.3 Å². The zero-order valence-corrected chi connectivity index (χ0v) is 16.2. The number of benzene rings is 2. The lowest BCUT2D eigenvalue weighted by Gasteiger charge is -2.35. The number of primary amides is 1. The van der Waals surface area contributed by atoms with Crippen LogP contribution in [0.2, 0.25) is 0 Å². The minimum Gasteiger partial charge on any atom is -0.484 e. The average Bonchev–Trinajstić information content (AvgIpc) is 2.72. The second-order valence-electron chi connectivity index (χ2n) is 7.04. The van der Waals surface area contributed by atoms with E-state index in [4.69, 9.17) is 10.5 Å². The van der Waals surface area contributed by atoms with Crippen LogP contribution in [0.25, 0.3) is 0 Å². The number of nitrogens with two attached hydrogens (primary N) is 1. The second-order valence-corrected chi connectivity index (χ2v) is 7.04. The topological polar surface area (TPSA) is 84.7 Å². The van der Waals surface area contributed by atoms with Gasteiger partial charge in [-0.15, -0.1) is 0 Å². The molecule has 0 bridgehead atoms. The molecule has 1 heterocycles. The molecule has 1 aliphatic rings. The van der Waals surface area contributed by atoms with Crippen LogP contribution in [0.4, 0.5) is 0 Å². The molecule has 0 spiro atoms. The van der Waals surface area contributed by atoms with E-state index in [1.54, 1.807) is 18.2 Å². The summed E-state index contributed by atoms with van der Waals surface area (Å²) in [6, 6.07) is 15.3. The SMILES string of the molecule is CCC(CNC(=O)COc1cccc(C(N)=O)c1)N1CCc2ccccc2C1. The van der Waals surface area contributed by atoms with Crippen LogP contribution in [-0.2, 0) is 17.8 Å². The Hall–Kier alpha value is -2.86. The molecule has 3 rings (SSSR count). The summed E-state index contributed by atoms with van der Waals surface area (Å²) in [5.74, 6) is -0.254. The molecule has 0 saturated heterocycles. The van der Waals surface area contributed by atoms with Crippen LogP contribution in [0.3, 0.4) is 0 Å². The van der Waals surface area contributed by atoms with Gasteiger partial charge in [0.1, 0.15) is 5.75 Å². The van der Waals surface area contributed by atoms with Gasteiger partial charge in [-0.1, -0.05) is 37.3 Å². The monoisotopic (exact) mass is 381 g/mol. The Morgan fingerprint density at radius 3 is 2.71 bits per heavy atom. The highest BCUT2D eigenvalue weighted by molar-refractivity contribution is 5.93. The molecular formula is C22H27N3O3. The van der Waals surface area contributed by atoms with E-state index in [0.29, 0.717) is 17.9 Å². The molecule has 1 aliphatic heterocycles. The van der Waals surface area contributed by atoms with Crippen LogP contribution in [-0.4, -0.2) is 42.5 Å². The van der Waals surface area contributed by atoms with Gasteiger partial charge in [0, 0.05) is 31.2 Å². The van der Waals surface area contributed by atoms with Crippen molar-refractivity contribution in [1.82, 2.24) is 10.2 Å². The highest BCUT2D eigenvalue weighted by atomic mass is 16.5. The molecule has 6 heteroatoms. The maximum absolute atomic E-state index is 12.2. The van der Waals surface area contributed by atoms with E-state index in [2.05, 4.69) is 41.4 Å². The summed E-state index contributed by atoms with van der Waals surface area (Å²) in [5.41, 5.74) is 8.41. The van der Waals surface area contributed by atoms with Crippen molar-refractivity contribution in [1.29, 1.82) is 0 Å². The maximum Gasteiger partial charge on any atom is 0.257 e. The summed E-state index contributed by atoms with van der Waals surface area (Å²) in [7, 11) is 0. The van der Waals surface area contributed by atoms with Crippen molar-refractivity contribution >= 4 is 11.8 Å². The number of amides is 2. The third-order valence-corrected chi connectivity index (χ3v) is 5.17. The summed E-state index contributed by atoms with van der Waals surface area (Å²) in [5, 5.41) is 2.97. The van der Waals surface area contributed by atoms with Crippen molar-refractivity contribution in [2.75, 3.05) is 19.7 Å². The molecule has 0 saturated carbocycles. The molecular weight excluding hydrogens is 354 g/mol. The van der Waals surface area contributed by atoms with Crippen LogP contribution in [0.15, 0.2) is 48.5 Å². The van der Waals surface area contributed by atoms with Gasteiger partial charge in [-0.3, -0.25) is 14.5 Å². The number of nitrogens with zero attached hydrogens (tertiary/aromatic N) is 1. The van der Waals surface area contributed by atoms with Crippen molar-refractivity contribution in [3.63, 3.8) is 0 Å². The molecule has 6 nitrogen and oxygen atoms in total. The molecule has 148 valence electrons. The fourth-order valence-electron chi connectivity index (χ4n) is 3.53. The Bertz CT molecular complexity index is 837. The van der Waals surface area contributed by atoms with Gasteiger partial charge in [0.15, 0.2) is 6.61 Å². The summed E-state index contributed by atoms with van der Waals surface area (Å²) >= 11 is 0. The molecule has 2 aromatic carbocycles. The lowest BCUT2D eigenvalue weighted by atomic mass is 9.98. The number of carbonyl (C=O) groups is 2. The molecule has 3 N–H and O–H groups in total. The molecule has 2 aromatic rings. The number of hydrogen-bond donors (Lipinski definition) is 2. The Labute approximate surface area is 165 Å². The smallest absolute Gasteiger partial charge is 0.257 e. The van der Waals surface area contributed by atoms with E-state index in [9.17, 15) is 9.59 Å². The third kappa shape index (κ3) is 5.10.